The molecule has 0 amide bonds. The molecule has 0 aromatic carbocycles. The van der Waals surface area contributed by atoms with Crippen LogP contribution >= 0.6 is 0 Å². The molecular weight excluding hydrogens is 838 g/mol. The van der Waals surface area contributed by atoms with Crippen LogP contribution in [0.25, 0.3) is 0 Å². The van der Waals surface area contributed by atoms with E-state index in [0.717, 1.165) is 12.8 Å². The van der Waals surface area contributed by atoms with E-state index in [-0.39, 0.29) is 139 Å². The van der Waals surface area contributed by atoms with E-state index >= 15 is 0 Å². The average molecular weight is 875 g/mol. The van der Waals surface area contributed by atoms with Gasteiger partial charge in [0, 0.05) is 108 Å². The van der Waals surface area contributed by atoms with Crippen LogP contribution in [0.4, 0.5) is 0 Å². The molecule has 8 heteroatoms. The molecule has 0 aliphatic carbocycles. The summed E-state index contributed by atoms with van der Waals surface area (Å²) < 4.78 is 0. The average Bonchev–Trinajstić information content (AvgIpc) is 2.39. The van der Waals surface area contributed by atoms with Crippen LogP contribution in [0.5, 0.6) is 0 Å². The van der Waals surface area contributed by atoms with Gasteiger partial charge in [0.05, 0.1) is 0 Å². The van der Waals surface area contributed by atoms with E-state index in [9.17, 15) is 9.59 Å². The number of rotatable bonds is 5. The van der Waals surface area contributed by atoms with Crippen molar-refractivity contribution in [1.29, 1.82) is 0 Å². The minimum Gasteiger partial charge on any atom is -0.545 e. The Labute approximate surface area is 249 Å². The van der Waals surface area contributed by atoms with Gasteiger partial charge in [-0.2, -0.15) is 0 Å². The Morgan fingerprint density at radius 3 is 1.19 bits per heavy atom. The molecule has 0 unspecified atom stereocenters. The molecule has 0 saturated carbocycles. The van der Waals surface area contributed by atoms with Gasteiger partial charge in [-0.3, -0.25) is 13.6 Å². The Bertz CT molecular complexity index is 271. The number of carbonyl (C=O) groups excluding carboxylic acids is 4. The maximum Gasteiger partial charge on any atom is 0 e. The Hall–Kier alpha value is 2.00. The van der Waals surface area contributed by atoms with Gasteiger partial charge in [0.15, 0.2) is 0 Å². The number of carbonyl (C=O) groups is 2. The Kier molecular flexibility index (Phi) is 108. The molecule has 0 aliphatic rings. The van der Waals surface area contributed by atoms with Crippen LogP contribution in [0, 0.1) is 32.6 Å². The van der Waals surface area contributed by atoms with Gasteiger partial charge in [0.25, 0.3) is 0 Å². The fourth-order valence-electron chi connectivity index (χ4n) is 0.964. The smallest absolute Gasteiger partial charge is 0 e. The summed E-state index contributed by atoms with van der Waals surface area (Å²) in [5.41, 5.74) is 0.271. The molecule has 0 aromatic heterocycles. The van der Waals surface area contributed by atoms with E-state index in [1.165, 1.54) is 0 Å². The second kappa shape index (κ2) is 46.3. The summed E-state index contributed by atoms with van der Waals surface area (Å²) >= 11 is 0. The Morgan fingerprint density at radius 2 is 1.11 bits per heavy atom. The number of hydrogen-bond donors (Lipinski definition) is 0. The monoisotopic (exact) mass is 875 g/mol. The molecule has 0 fully saturated rings. The van der Waals surface area contributed by atoms with Gasteiger partial charge in [-0.05, 0) is 48.6 Å². The molecule has 2 radical (unpaired) electrons. The molecular formula is C19H37O4W2Y2-5. The zero-order valence-electron chi connectivity index (χ0n) is 17.1. The first-order valence-electron chi connectivity index (χ1n) is 6.71. The maximum atomic E-state index is 10.4. The van der Waals surface area contributed by atoms with Gasteiger partial charge in [-0.1, -0.05) is 42.0 Å². The second-order valence-electron chi connectivity index (χ2n) is 6.07. The third-order valence-electron chi connectivity index (χ3n) is 2.15. The van der Waals surface area contributed by atoms with Crippen LogP contribution < -0.4 is 0 Å². The van der Waals surface area contributed by atoms with Crippen LogP contribution in [0.2, 0.25) is 0 Å². The van der Waals surface area contributed by atoms with Crippen molar-refractivity contribution in [2.45, 2.75) is 67.7 Å². The molecule has 0 saturated heterocycles. The Morgan fingerprint density at radius 1 is 0.852 bits per heavy atom. The van der Waals surface area contributed by atoms with Gasteiger partial charge < -0.3 is 40.5 Å². The SMILES string of the molecule is C.[CH-]=O.[CH-]=O.[CH2-]C(=O)CCC(C)(C)C.[CH2-]C(=O)CCC(C)C.[CH3-].[W].[W].[Y].[Y]. The largest absolute Gasteiger partial charge is 0.545 e. The van der Waals surface area contributed by atoms with Crippen molar-refractivity contribution < 1.29 is 127 Å². The van der Waals surface area contributed by atoms with Gasteiger partial charge in [0.2, 0.25) is 0 Å². The molecule has 0 heterocycles. The molecule has 27 heavy (non-hydrogen) atoms. The van der Waals surface area contributed by atoms with Crippen LogP contribution in [-0.4, -0.2) is 25.1 Å². The van der Waals surface area contributed by atoms with Gasteiger partial charge in [0.1, 0.15) is 0 Å². The molecule has 4 nitrogen and oxygen atoms in total. The van der Waals surface area contributed by atoms with Gasteiger partial charge >= 0.3 is 0 Å². The normalized spacial score (nSPS) is 7.04. The molecule has 0 N–H and O–H groups in total. The van der Waals surface area contributed by atoms with Crippen molar-refractivity contribution in [1.82, 2.24) is 0 Å². The molecule has 0 aromatic rings. The van der Waals surface area contributed by atoms with Crippen molar-refractivity contribution >= 4 is 25.1 Å². The summed E-state index contributed by atoms with van der Waals surface area (Å²) in [6.07, 6.45) is 3.17. The standard InChI is InChI=1S/C8H15O.C7H13O.2CHO.CH4.CH3.2W.2Y/c1-7(9)5-6-8(2,3)4;1-6(2)4-5-7(3)8;2*1-2;;;;;;/h1,5-6H2,2-4H3;6H,3-5H2,1-2H3;2*1H;1H4;1H3;;;;/q4*-1;;-1;;;;. The van der Waals surface area contributed by atoms with Crippen LogP contribution in [0.3, 0.4) is 0 Å². The van der Waals surface area contributed by atoms with E-state index in [1.807, 2.05) is 0 Å². The molecule has 0 spiro atoms. The first-order chi connectivity index (χ1) is 9.54. The third kappa shape index (κ3) is 112. The number of Topliss-reactive ketones (excluding diaryl/α,β-unsaturated/α-hetero) is 2. The summed E-state index contributed by atoms with van der Waals surface area (Å²) in [6.45, 7) is 23.6. The second-order valence-corrected chi connectivity index (χ2v) is 6.07. The van der Waals surface area contributed by atoms with Gasteiger partial charge in [-0.25, -0.2) is 0 Å². The zero-order valence-corrected chi connectivity index (χ0v) is 28.6. The number of ketones is 2. The fourth-order valence-corrected chi connectivity index (χ4v) is 0.964. The summed E-state index contributed by atoms with van der Waals surface area (Å²) in [5.74, 6) is 0.726. The summed E-state index contributed by atoms with van der Waals surface area (Å²) in [5, 5.41) is 0. The van der Waals surface area contributed by atoms with Crippen molar-refractivity contribution in [3.63, 3.8) is 0 Å². The third-order valence-corrected chi connectivity index (χ3v) is 2.15. The maximum absolute atomic E-state index is 10.4. The molecule has 0 atom stereocenters. The van der Waals surface area contributed by atoms with E-state index in [4.69, 9.17) is 9.59 Å². The minimum absolute atomic E-state index is 0. The van der Waals surface area contributed by atoms with E-state index in [1.54, 1.807) is 0 Å². The topological polar surface area (TPSA) is 68.3 Å². The zero-order chi connectivity index (χ0) is 18.1. The van der Waals surface area contributed by atoms with Crippen molar-refractivity contribution in [3.8, 4) is 0 Å². The quantitative estimate of drug-likeness (QED) is 0.300. The minimum atomic E-state index is 0. The van der Waals surface area contributed by atoms with E-state index in [0.29, 0.717) is 18.8 Å². The fraction of sp³-hybridized carbons (Fsp3) is 0.632. The molecule has 0 bridgehead atoms. The van der Waals surface area contributed by atoms with E-state index < -0.39 is 0 Å². The Balaban J connectivity index is -0.0000000190. The van der Waals surface area contributed by atoms with Crippen LogP contribution in [-0.2, 0) is 127 Å². The van der Waals surface area contributed by atoms with Crippen LogP contribution in [0.15, 0.2) is 0 Å². The number of hydrogen-bond acceptors (Lipinski definition) is 4. The van der Waals surface area contributed by atoms with Crippen molar-refractivity contribution in [3.05, 3.63) is 21.3 Å². The van der Waals surface area contributed by atoms with Gasteiger partial charge in [-0.15, -0.1) is 0 Å². The van der Waals surface area contributed by atoms with Crippen LogP contribution in [0.1, 0.15) is 67.7 Å². The summed E-state index contributed by atoms with van der Waals surface area (Å²) in [7, 11) is 0. The van der Waals surface area contributed by atoms with Crippen molar-refractivity contribution in [2.24, 2.45) is 11.3 Å². The predicted octanol–water partition coefficient (Wildman–Crippen LogP) is 4.57. The predicted molar refractivity (Wildman–Crippen MR) is 100 cm³/mol. The van der Waals surface area contributed by atoms with E-state index in [2.05, 4.69) is 62.0 Å². The summed E-state index contributed by atoms with van der Waals surface area (Å²) in [4.78, 5) is 36.1. The first-order valence-corrected chi connectivity index (χ1v) is 6.71. The first kappa shape index (κ1) is 63.0. The summed E-state index contributed by atoms with van der Waals surface area (Å²) in [6, 6.07) is 0. The van der Waals surface area contributed by atoms with Crippen molar-refractivity contribution in [2.75, 3.05) is 0 Å². The molecule has 0 rings (SSSR count). The molecule has 0 aliphatic heterocycles. The molecule has 160 valence electrons.